The van der Waals surface area contributed by atoms with Crippen LogP contribution in [0.5, 0.6) is 0 Å². The van der Waals surface area contributed by atoms with E-state index < -0.39 is 0 Å². The molecule has 1 aromatic carbocycles. The van der Waals surface area contributed by atoms with E-state index in [1.807, 2.05) is 0 Å². The lowest BCUT2D eigenvalue weighted by atomic mass is 9.50. The van der Waals surface area contributed by atoms with Gasteiger partial charge in [-0.05, 0) is 75.3 Å². The van der Waals surface area contributed by atoms with E-state index in [-0.39, 0.29) is 17.1 Å². The Morgan fingerprint density at radius 2 is 1.81 bits per heavy atom. The average Bonchev–Trinajstić information content (AvgIpc) is 3.35. The summed E-state index contributed by atoms with van der Waals surface area (Å²) in [5, 5.41) is 17.5. The summed E-state index contributed by atoms with van der Waals surface area (Å²) in [6.45, 7) is 1.76. The molecule has 0 saturated heterocycles. The van der Waals surface area contributed by atoms with E-state index >= 15 is 0 Å². The van der Waals surface area contributed by atoms with Crippen molar-refractivity contribution < 1.29 is 9.18 Å². The Morgan fingerprint density at radius 1 is 1.13 bits per heavy atom. The summed E-state index contributed by atoms with van der Waals surface area (Å²) >= 11 is 1.51. The average molecular weight is 438 g/mol. The van der Waals surface area contributed by atoms with Crippen LogP contribution in [0.2, 0.25) is 0 Å². The topological polar surface area (TPSA) is 72.7 Å². The molecule has 0 aliphatic heterocycles. The molecule has 3 aromatic rings. The van der Waals surface area contributed by atoms with Crippen molar-refractivity contribution in [2.24, 2.45) is 17.8 Å². The molecule has 4 bridgehead atoms. The Hall–Kier alpha value is -2.61. The Bertz CT molecular complexity index is 1130. The van der Waals surface area contributed by atoms with Crippen molar-refractivity contribution in [2.45, 2.75) is 50.9 Å². The maximum absolute atomic E-state index is 14.1. The van der Waals surface area contributed by atoms with Crippen LogP contribution in [-0.2, 0) is 5.41 Å². The van der Waals surface area contributed by atoms with Gasteiger partial charge in [0.15, 0.2) is 0 Å². The van der Waals surface area contributed by atoms with E-state index in [9.17, 15) is 9.18 Å². The fraction of sp³-hybridized carbons (Fsp3) is 0.478. The van der Waals surface area contributed by atoms with Crippen LogP contribution in [0, 0.1) is 30.5 Å². The van der Waals surface area contributed by atoms with Gasteiger partial charge in [0, 0.05) is 5.41 Å². The number of nitrogens with zero attached hydrogens (tertiary/aromatic N) is 4. The molecule has 0 unspecified atom stereocenters. The molecule has 2 heterocycles. The van der Waals surface area contributed by atoms with Gasteiger partial charge in [0.05, 0.1) is 17.5 Å². The molecular weight excluding hydrogens is 413 g/mol. The minimum Gasteiger partial charge on any atom is -0.296 e. The summed E-state index contributed by atoms with van der Waals surface area (Å²) in [6, 6.07) is 6.39. The van der Waals surface area contributed by atoms with Crippen molar-refractivity contribution in [2.75, 3.05) is 5.32 Å². The van der Waals surface area contributed by atoms with E-state index in [1.54, 1.807) is 25.1 Å². The van der Waals surface area contributed by atoms with Crippen molar-refractivity contribution in [1.29, 1.82) is 0 Å². The van der Waals surface area contributed by atoms with Gasteiger partial charge < -0.3 is 0 Å². The monoisotopic (exact) mass is 437 g/mol. The van der Waals surface area contributed by atoms with E-state index in [1.165, 1.54) is 66.8 Å². The zero-order valence-corrected chi connectivity index (χ0v) is 18.2. The number of hydrogen-bond acceptors (Lipinski definition) is 5. The van der Waals surface area contributed by atoms with E-state index in [4.69, 9.17) is 0 Å². The lowest BCUT2D eigenvalue weighted by Gasteiger charge is -2.55. The highest BCUT2D eigenvalue weighted by molar-refractivity contribution is 7.15. The molecule has 1 amide bonds. The molecule has 4 fully saturated rings. The fourth-order valence-electron chi connectivity index (χ4n) is 6.52. The lowest BCUT2D eigenvalue weighted by Crippen LogP contribution is -2.48. The standard InChI is InChI=1S/C23H24FN5OS/c1-13-17(12-25-29(13)19-5-3-2-4-18(19)24)20(30)26-22-28-27-21(31-22)23-9-14-6-15(10-23)8-16(7-14)11-23/h2-5,12,14-16H,6-11H2,1H3,(H,26,28,30). The van der Waals surface area contributed by atoms with Crippen molar-refractivity contribution >= 4 is 22.4 Å². The zero-order chi connectivity index (χ0) is 21.2. The lowest BCUT2D eigenvalue weighted by molar-refractivity contribution is -0.00555. The second-order valence-corrected chi connectivity index (χ2v) is 10.5. The van der Waals surface area contributed by atoms with Gasteiger partial charge in [0.25, 0.3) is 5.91 Å². The number of rotatable bonds is 4. The summed E-state index contributed by atoms with van der Waals surface area (Å²) in [6.07, 6.45) is 9.27. The first kappa shape index (κ1) is 19.1. The van der Waals surface area contributed by atoms with Crippen molar-refractivity contribution in [1.82, 2.24) is 20.0 Å². The normalized spacial score (nSPS) is 28.8. The highest BCUT2D eigenvalue weighted by atomic mass is 32.1. The highest BCUT2D eigenvalue weighted by Crippen LogP contribution is 2.61. The van der Waals surface area contributed by atoms with E-state index in [0.717, 1.165) is 22.8 Å². The predicted octanol–water partition coefficient (Wildman–Crippen LogP) is 4.89. The van der Waals surface area contributed by atoms with Gasteiger partial charge in [0.1, 0.15) is 16.5 Å². The summed E-state index contributed by atoms with van der Waals surface area (Å²) < 4.78 is 15.6. The Kier molecular flexibility index (Phi) is 4.28. The van der Waals surface area contributed by atoms with Gasteiger partial charge in [-0.3, -0.25) is 10.1 Å². The molecule has 0 atom stereocenters. The molecule has 8 heteroatoms. The van der Waals surface area contributed by atoms with Gasteiger partial charge in [-0.15, -0.1) is 10.2 Å². The molecule has 0 radical (unpaired) electrons. The number of carbonyl (C=O) groups is 1. The van der Waals surface area contributed by atoms with Crippen molar-refractivity contribution in [3.05, 3.63) is 52.5 Å². The van der Waals surface area contributed by atoms with Crippen LogP contribution < -0.4 is 5.32 Å². The Balaban J connectivity index is 1.23. The first-order valence-electron chi connectivity index (χ1n) is 11.0. The number of aromatic nitrogens is 4. The molecule has 0 spiro atoms. The number of anilines is 1. The predicted molar refractivity (Wildman–Crippen MR) is 116 cm³/mol. The first-order valence-corrected chi connectivity index (χ1v) is 11.8. The molecule has 31 heavy (non-hydrogen) atoms. The van der Waals surface area contributed by atoms with Gasteiger partial charge in [-0.2, -0.15) is 5.10 Å². The fourth-order valence-corrected chi connectivity index (χ4v) is 7.48. The van der Waals surface area contributed by atoms with Gasteiger partial charge >= 0.3 is 0 Å². The Morgan fingerprint density at radius 3 is 2.48 bits per heavy atom. The molecule has 2 aromatic heterocycles. The number of hydrogen-bond donors (Lipinski definition) is 1. The van der Waals surface area contributed by atoms with Crippen LogP contribution in [0.25, 0.3) is 5.69 Å². The molecule has 4 saturated carbocycles. The maximum atomic E-state index is 14.1. The minimum atomic E-state index is -0.384. The summed E-state index contributed by atoms with van der Waals surface area (Å²) in [4.78, 5) is 12.9. The van der Waals surface area contributed by atoms with Crippen molar-refractivity contribution in [3.63, 3.8) is 0 Å². The largest absolute Gasteiger partial charge is 0.296 e. The third-order valence-corrected chi connectivity index (χ3v) is 8.56. The first-order chi connectivity index (χ1) is 15.0. The number of carbonyl (C=O) groups excluding carboxylic acids is 1. The second-order valence-electron chi connectivity index (χ2n) is 9.57. The summed E-state index contributed by atoms with van der Waals surface area (Å²) in [7, 11) is 0. The highest BCUT2D eigenvalue weighted by Gasteiger charge is 2.53. The third kappa shape index (κ3) is 3.11. The molecule has 1 N–H and O–H groups in total. The van der Waals surface area contributed by atoms with E-state index in [2.05, 4.69) is 20.6 Å². The van der Waals surface area contributed by atoms with Gasteiger partial charge in [-0.25, -0.2) is 9.07 Å². The smallest absolute Gasteiger partial charge is 0.260 e. The molecule has 6 nitrogen and oxygen atoms in total. The zero-order valence-electron chi connectivity index (χ0n) is 17.3. The van der Waals surface area contributed by atoms with Crippen LogP contribution in [0.4, 0.5) is 9.52 Å². The second kappa shape index (κ2) is 6.95. The number of halogens is 1. The van der Waals surface area contributed by atoms with Crippen LogP contribution in [-0.4, -0.2) is 25.9 Å². The number of benzene rings is 1. The minimum absolute atomic E-state index is 0.168. The molecule has 4 aliphatic rings. The molecular formula is C23H24FN5OS. The number of amides is 1. The summed E-state index contributed by atoms with van der Waals surface area (Å²) in [5.74, 6) is 1.82. The maximum Gasteiger partial charge on any atom is 0.260 e. The van der Waals surface area contributed by atoms with Crippen molar-refractivity contribution in [3.8, 4) is 5.69 Å². The SMILES string of the molecule is Cc1c(C(=O)Nc2nnc(C34CC5CC(CC(C5)C3)C4)s2)cnn1-c1ccccc1F. The van der Waals surface area contributed by atoms with Gasteiger partial charge in [-0.1, -0.05) is 23.5 Å². The van der Waals surface area contributed by atoms with Crippen LogP contribution in [0.15, 0.2) is 30.5 Å². The quantitative estimate of drug-likeness (QED) is 0.631. The molecule has 4 aliphatic carbocycles. The number of nitrogens with one attached hydrogen (secondary N) is 1. The van der Waals surface area contributed by atoms with Crippen LogP contribution in [0.3, 0.4) is 0 Å². The van der Waals surface area contributed by atoms with Crippen LogP contribution in [0.1, 0.15) is 59.6 Å². The number of para-hydroxylation sites is 1. The van der Waals surface area contributed by atoms with Crippen LogP contribution >= 0.6 is 11.3 Å². The van der Waals surface area contributed by atoms with E-state index in [0.29, 0.717) is 22.1 Å². The van der Waals surface area contributed by atoms with Gasteiger partial charge in [0.2, 0.25) is 5.13 Å². The molecule has 160 valence electrons. The Labute approximate surface area is 183 Å². The third-order valence-electron chi connectivity index (χ3n) is 7.47. The summed E-state index contributed by atoms with van der Waals surface area (Å²) in [5.41, 5.74) is 1.46. The molecule has 7 rings (SSSR count).